The number of halogens is 1. The number of hydrogen-bond donors (Lipinski definition) is 4. The van der Waals surface area contributed by atoms with Gasteiger partial charge in [-0.2, -0.15) is 0 Å². The highest BCUT2D eigenvalue weighted by Gasteiger charge is 2.30. The highest BCUT2D eigenvalue weighted by Crippen LogP contribution is 2.32. The van der Waals surface area contributed by atoms with E-state index in [9.17, 15) is 14.7 Å². The molecule has 30 heavy (non-hydrogen) atoms. The van der Waals surface area contributed by atoms with E-state index in [2.05, 4.69) is 20.3 Å². The predicted octanol–water partition coefficient (Wildman–Crippen LogP) is 2.27. The molecule has 1 aliphatic heterocycles. The van der Waals surface area contributed by atoms with Gasteiger partial charge in [0, 0.05) is 25.2 Å². The van der Waals surface area contributed by atoms with Gasteiger partial charge in [-0.05, 0) is 25.0 Å². The van der Waals surface area contributed by atoms with Crippen LogP contribution < -0.4 is 16.0 Å². The van der Waals surface area contributed by atoms with E-state index in [-0.39, 0.29) is 29.4 Å². The molecule has 0 saturated carbocycles. The molecule has 11 heteroatoms. The van der Waals surface area contributed by atoms with Gasteiger partial charge in [0.2, 0.25) is 0 Å². The lowest BCUT2D eigenvalue weighted by atomic mass is 10.0. The van der Waals surface area contributed by atoms with Gasteiger partial charge in [0.1, 0.15) is 0 Å². The van der Waals surface area contributed by atoms with E-state index in [0.29, 0.717) is 41.3 Å². The molecule has 2 aromatic heterocycles. The number of amides is 1. The average molecular weight is 449 g/mol. The number of nitrogens with zero attached hydrogens (tertiary/aromatic N) is 3. The van der Waals surface area contributed by atoms with Crippen LogP contribution in [0.3, 0.4) is 0 Å². The number of carboxylic acids is 1. The summed E-state index contributed by atoms with van der Waals surface area (Å²) in [7, 11) is 0. The molecular formula is C19H21ClN6O3S. The number of carboxylic acid groups (broad SMARTS) is 1. The monoisotopic (exact) mass is 448 g/mol. The Kier molecular flexibility index (Phi) is 5.63. The number of anilines is 1. The number of carbonyl (C=O) groups is 2. The SMILES string of the molecule is CCc1[nH]c(C(=O)N[C@H]2CCN(c3nc4cccc(C(=O)O)c4s3)C[C@H]2N)nc1Cl. The molecule has 0 unspecified atom stereocenters. The zero-order chi connectivity index (χ0) is 21.4. The summed E-state index contributed by atoms with van der Waals surface area (Å²) in [6.45, 7) is 3.06. The summed E-state index contributed by atoms with van der Waals surface area (Å²) in [4.78, 5) is 37.6. The molecule has 3 heterocycles. The van der Waals surface area contributed by atoms with E-state index in [0.717, 1.165) is 10.8 Å². The largest absolute Gasteiger partial charge is 0.478 e. The molecule has 1 aliphatic rings. The third kappa shape index (κ3) is 3.85. The number of benzene rings is 1. The van der Waals surface area contributed by atoms with Crippen LogP contribution in [0.2, 0.25) is 5.15 Å². The number of aromatic amines is 1. The van der Waals surface area contributed by atoms with Crippen LogP contribution in [0.1, 0.15) is 40.0 Å². The Morgan fingerprint density at radius 3 is 2.90 bits per heavy atom. The van der Waals surface area contributed by atoms with Crippen LogP contribution in [0.4, 0.5) is 5.13 Å². The van der Waals surface area contributed by atoms with E-state index >= 15 is 0 Å². The normalized spacial score (nSPS) is 19.2. The summed E-state index contributed by atoms with van der Waals surface area (Å²) < 4.78 is 0.644. The number of nitrogens with two attached hydrogens (primary N) is 1. The Morgan fingerprint density at radius 1 is 1.43 bits per heavy atom. The minimum atomic E-state index is -0.974. The maximum absolute atomic E-state index is 12.5. The lowest BCUT2D eigenvalue weighted by molar-refractivity contribution is 0.0699. The number of H-pyrrole nitrogens is 1. The van der Waals surface area contributed by atoms with E-state index in [4.69, 9.17) is 17.3 Å². The van der Waals surface area contributed by atoms with Gasteiger partial charge in [0.15, 0.2) is 16.1 Å². The van der Waals surface area contributed by atoms with Gasteiger partial charge in [-0.25, -0.2) is 14.8 Å². The summed E-state index contributed by atoms with van der Waals surface area (Å²) in [6, 6.07) is 4.53. The Labute approximate surface area is 181 Å². The molecule has 0 aliphatic carbocycles. The zero-order valence-electron chi connectivity index (χ0n) is 16.2. The fraction of sp³-hybridized carbons (Fsp3) is 0.368. The molecule has 158 valence electrons. The summed E-state index contributed by atoms with van der Waals surface area (Å²) >= 11 is 7.36. The van der Waals surface area contributed by atoms with Crippen molar-refractivity contribution in [3.63, 3.8) is 0 Å². The van der Waals surface area contributed by atoms with Gasteiger partial charge < -0.3 is 26.0 Å². The molecule has 3 aromatic rings. The second-order valence-corrected chi connectivity index (χ2v) is 8.48. The van der Waals surface area contributed by atoms with Crippen LogP contribution >= 0.6 is 22.9 Å². The van der Waals surface area contributed by atoms with Crippen molar-refractivity contribution in [3.8, 4) is 0 Å². The second kappa shape index (κ2) is 8.21. The van der Waals surface area contributed by atoms with Crippen LogP contribution in [-0.2, 0) is 6.42 Å². The van der Waals surface area contributed by atoms with Crippen molar-refractivity contribution < 1.29 is 14.7 Å². The smallest absolute Gasteiger partial charge is 0.337 e. The summed E-state index contributed by atoms with van der Waals surface area (Å²) in [5, 5.41) is 13.3. The maximum Gasteiger partial charge on any atom is 0.337 e. The van der Waals surface area contributed by atoms with E-state index < -0.39 is 5.97 Å². The number of aryl methyl sites for hydroxylation is 1. The van der Waals surface area contributed by atoms with Crippen molar-refractivity contribution in [1.82, 2.24) is 20.3 Å². The summed E-state index contributed by atoms with van der Waals surface area (Å²) in [5.74, 6) is -1.13. The molecule has 1 saturated heterocycles. The highest BCUT2D eigenvalue weighted by molar-refractivity contribution is 7.22. The van der Waals surface area contributed by atoms with Crippen molar-refractivity contribution in [1.29, 1.82) is 0 Å². The number of imidazole rings is 1. The first kappa shape index (κ1) is 20.6. The van der Waals surface area contributed by atoms with Gasteiger partial charge in [-0.1, -0.05) is 35.9 Å². The molecule has 1 fully saturated rings. The number of hydrogen-bond acceptors (Lipinski definition) is 7. The highest BCUT2D eigenvalue weighted by atomic mass is 35.5. The standard InChI is InChI=1S/C19H21ClN6O3S/c1-2-11-15(20)25-16(22-11)17(27)23-12-6-7-26(8-10(12)21)19-24-13-5-3-4-9(18(28)29)14(13)30-19/h3-5,10,12H,2,6-8,21H2,1H3,(H,22,25)(H,23,27)(H,28,29)/t10-,12+/m1/s1. The molecule has 5 N–H and O–H groups in total. The summed E-state index contributed by atoms with van der Waals surface area (Å²) in [6.07, 6.45) is 1.28. The molecule has 1 aromatic carbocycles. The van der Waals surface area contributed by atoms with E-state index in [1.165, 1.54) is 11.3 Å². The van der Waals surface area contributed by atoms with Gasteiger partial charge in [0.05, 0.1) is 21.5 Å². The van der Waals surface area contributed by atoms with Crippen molar-refractivity contribution in [2.45, 2.75) is 31.8 Å². The Bertz CT molecular complexity index is 1110. The second-order valence-electron chi connectivity index (χ2n) is 7.14. The molecule has 4 rings (SSSR count). The molecule has 0 radical (unpaired) electrons. The van der Waals surface area contributed by atoms with Crippen molar-refractivity contribution >= 4 is 50.2 Å². The third-order valence-electron chi connectivity index (χ3n) is 5.18. The Morgan fingerprint density at radius 2 is 2.23 bits per heavy atom. The third-order valence-corrected chi connectivity index (χ3v) is 6.65. The number of rotatable bonds is 5. The molecular weight excluding hydrogens is 428 g/mol. The van der Waals surface area contributed by atoms with Crippen LogP contribution in [-0.4, -0.2) is 57.1 Å². The lowest BCUT2D eigenvalue weighted by Crippen LogP contribution is -2.58. The zero-order valence-corrected chi connectivity index (χ0v) is 17.8. The number of aromatic nitrogens is 3. The van der Waals surface area contributed by atoms with E-state index in [1.807, 2.05) is 11.8 Å². The van der Waals surface area contributed by atoms with Gasteiger partial charge in [-0.3, -0.25) is 4.79 Å². The first-order valence-electron chi connectivity index (χ1n) is 9.56. The lowest BCUT2D eigenvalue weighted by Gasteiger charge is -2.36. The van der Waals surface area contributed by atoms with Crippen LogP contribution in [0, 0.1) is 0 Å². The van der Waals surface area contributed by atoms with Crippen molar-refractivity contribution in [3.05, 3.63) is 40.4 Å². The van der Waals surface area contributed by atoms with Gasteiger partial charge >= 0.3 is 5.97 Å². The minimum absolute atomic E-state index is 0.179. The van der Waals surface area contributed by atoms with Crippen LogP contribution in [0.5, 0.6) is 0 Å². The first-order chi connectivity index (χ1) is 14.4. The number of carbonyl (C=O) groups excluding carboxylic acids is 1. The Hall–Kier alpha value is -2.69. The van der Waals surface area contributed by atoms with Gasteiger partial charge in [0.25, 0.3) is 5.91 Å². The summed E-state index contributed by atoms with van der Waals surface area (Å²) in [5.41, 5.74) is 7.95. The minimum Gasteiger partial charge on any atom is -0.478 e. The van der Waals surface area contributed by atoms with Crippen molar-refractivity contribution in [2.24, 2.45) is 5.73 Å². The number of piperidine rings is 1. The number of aromatic carboxylic acids is 1. The quantitative estimate of drug-likeness (QED) is 0.469. The van der Waals surface area contributed by atoms with Gasteiger partial charge in [-0.15, -0.1) is 0 Å². The van der Waals surface area contributed by atoms with Crippen LogP contribution in [0.15, 0.2) is 18.2 Å². The predicted molar refractivity (Wildman–Crippen MR) is 116 cm³/mol. The van der Waals surface area contributed by atoms with E-state index in [1.54, 1.807) is 18.2 Å². The number of thiazole rings is 1. The fourth-order valence-electron chi connectivity index (χ4n) is 3.54. The molecule has 0 spiro atoms. The average Bonchev–Trinajstić information content (AvgIpc) is 3.32. The maximum atomic E-state index is 12.5. The molecule has 1 amide bonds. The molecule has 0 bridgehead atoms. The number of fused-ring (bicyclic) bond motifs is 1. The Balaban J connectivity index is 1.45. The topological polar surface area (TPSA) is 137 Å². The fourth-order valence-corrected chi connectivity index (χ4v) is 4.91. The molecule has 2 atom stereocenters. The van der Waals surface area contributed by atoms with Crippen LogP contribution in [0.25, 0.3) is 10.2 Å². The molecule has 9 nitrogen and oxygen atoms in total. The number of nitrogens with one attached hydrogen (secondary N) is 2. The first-order valence-corrected chi connectivity index (χ1v) is 10.8. The van der Waals surface area contributed by atoms with Crippen molar-refractivity contribution in [2.75, 3.05) is 18.0 Å².